The van der Waals surface area contributed by atoms with Crippen LogP contribution >= 0.6 is 0 Å². The van der Waals surface area contributed by atoms with Gasteiger partial charge in [0, 0.05) is 12.0 Å². The number of carbonyl (C=O) groups excluding carboxylic acids is 1. The summed E-state index contributed by atoms with van der Waals surface area (Å²) in [6.45, 7) is 9.85. The van der Waals surface area contributed by atoms with Gasteiger partial charge in [-0.05, 0) is 48.8 Å². The molecule has 0 saturated carbocycles. The van der Waals surface area contributed by atoms with Crippen LogP contribution in [0.5, 0.6) is 0 Å². The molecule has 1 aliphatic carbocycles. The van der Waals surface area contributed by atoms with Crippen LogP contribution < -0.4 is 0 Å². The predicted molar refractivity (Wildman–Crippen MR) is 94.3 cm³/mol. The van der Waals surface area contributed by atoms with E-state index >= 15 is 0 Å². The van der Waals surface area contributed by atoms with E-state index in [0.717, 1.165) is 5.56 Å². The van der Waals surface area contributed by atoms with Crippen LogP contribution in [0.1, 0.15) is 31.4 Å². The Morgan fingerprint density at radius 1 is 1.44 bits per heavy atom. The van der Waals surface area contributed by atoms with E-state index in [1.807, 2.05) is 32.9 Å². The molecule has 0 aromatic heterocycles. The van der Waals surface area contributed by atoms with Crippen LogP contribution in [-0.4, -0.2) is 18.2 Å². The first-order valence-corrected chi connectivity index (χ1v) is 8.77. The fraction of sp³-hybridized carbons (Fsp3) is 0.476. The van der Waals surface area contributed by atoms with E-state index in [-0.39, 0.29) is 36.1 Å². The average molecular weight is 344 g/mol. The number of halogens is 1. The topological polar surface area (TPSA) is 35.5 Å². The van der Waals surface area contributed by atoms with E-state index in [0.29, 0.717) is 24.2 Å². The minimum atomic E-state index is -0.673. The average Bonchev–Trinajstić information content (AvgIpc) is 2.99. The highest BCUT2D eigenvalue weighted by molar-refractivity contribution is 5.94. The van der Waals surface area contributed by atoms with Gasteiger partial charge >= 0.3 is 0 Å². The molecular weight excluding hydrogens is 319 g/mol. The number of fused-ring (bicyclic) bond motifs is 1. The number of benzene rings is 1. The summed E-state index contributed by atoms with van der Waals surface area (Å²) in [7, 11) is 0. The Hall–Kier alpha value is -1.94. The number of hydrogen-bond donors (Lipinski definition) is 0. The molecule has 3 rings (SSSR count). The molecule has 0 N–H and O–H groups in total. The fourth-order valence-corrected chi connectivity index (χ4v) is 3.89. The van der Waals surface area contributed by atoms with Gasteiger partial charge in [-0.1, -0.05) is 32.1 Å². The number of allylic oxidation sites excluding steroid dienone is 2. The highest BCUT2D eigenvalue weighted by Gasteiger charge is 2.52. The standard InChI is InChI=1S/C21H25FO3/c1-5-14(3)17-11-21(20(10-19(17)23)24-12-25-21)15(4)9-16-7-6-13(2)8-18(16)22/h5-8,10,14-15,17H,1,9,11-12H2,2-4H3/t14?,15-,17-,21+/m0/s1. The molecular formula is C21H25FO3. The third-order valence-corrected chi connectivity index (χ3v) is 5.65. The van der Waals surface area contributed by atoms with Crippen molar-refractivity contribution in [3.8, 4) is 0 Å². The summed E-state index contributed by atoms with van der Waals surface area (Å²) >= 11 is 0. The zero-order valence-electron chi connectivity index (χ0n) is 15.0. The number of hydrogen-bond acceptors (Lipinski definition) is 3. The third kappa shape index (κ3) is 3.15. The normalized spacial score (nSPS) is 27.9. The van der Waals surface area contributed by atoms with Crippen LogP contribution in [0.3, 0.4) is 0 Å². The van der Waals surface area contributed by atoms with E-state index in [1.165, 1.54) is 0 Å². The van der Waals surface area contributed by atoms with Crippen LogP contribution in [0.25, 0.3) is 0 Å². The molecule has 2 aliphatic rings. The highest BCUT2D eigenvalue weighted by atomic mass is 19.1. The minimum absolute atomic E-state index is 0.0222. The van der Waals surface area contributed by atoms with Crippen molar-refractivity contribution in [2.75, 3.05) is 6.79 Å². The van der Waals surface area contributed by atoms with Crippen LogP contribution in [0.4, 0.5) is 4.39 Å². The largest absolute Gasteiger partial charge is 0.469 e. The summed E-state index contributed by atoms with van der Waals surface area (Å²) in [5, 5.41) is 0. The molecule has 0 bridgehead atoms. The number of ether oxygens (including phenoxy) is 2. The maximum absolute atomic E-state index is 14.3. The molecule has 0 spiro atoms. The first-order valence-electron chi connectivity index (χ1n) is 8.77. The zero-order chi connectivity index (χ0) is 18.2. The van der Waals surface area contributed by atoms with Crippen molar-refractivity contribution >= 4 is 5.78 Å². The maximum atomic E-state index is 14.3. The van der Waals surface area contributed by atoms with E-state index in [1.54, 1.807) is 18.2 Å². The summed E-state index contributed by atoms with van der Waals surface area (Å²) in [6, 6.07) is 5.29. The number of rotatable bonds is 5. The van der Waals surface area contributed by atoms with Gasteiger partial charge in [-0.3, -0.25) is 4.79 Å². The van der Waals surface area contributed by atoms with Crippen LogP contribution in [0.2, 0.25) is 0 Å². The second-order valence-corrected chi connectivity index (χ2v) is 7.31. The lowest BCUT2D eigenvalue weighted by Crippen LogP contribution is -2.46. The van der Waals surface area contributed by atoms with Gasteiger partial charge in [-0.2, -0.15) is 0 Å². The third-order valence-electron chi connectivity index (χ3n) is 5.65. The van der Waals surface area contributed by atoms with Crippen molar-refractivity contribution in [2.24, 2.45) is 17.8 Å². The number of carbonyl (C=O) groups is 1. The van der Waals surface area contributed by atoms with E-state index < -0.39 is 5.60 Å². The Labute approximate surface area is 148 Å². The molecule has 25 heavy (non-hydrogen) atoms. The molecule has 3 nitrogen and oxygen atoms in total. The SMILES string of the molecule is C=CC(C)[C@@H]1C[C@]2([C@@H](C)Cc3ccc(C)cc3F)OCOC2=CC1=O. The molecule has 4 atom stereocenters. The van der Waals surface area contributed by atoms with Crippen LogP contribution in [0, 0.1) is 30.5 Å². The Balaban J connectivity index is 1.90. The molecule has 0 radical (unpaired) electrons. The van der Waals surface area contributed by atoms with Gasteiger partial charge < -0.3 is 9.47 Å². The first kappa shape index (κ1) is 17.9. The van der Waals surface area contributed by atoms with E-state index in [9.17, 15) is 9.18 Å². The summed E-state index contributed by atoms with van der Waals surface area (Å²) in [5.41, 5.74) is 0.886. The van der Waals surface area contributed by atoms with Gasteiger partial charge in [0.25, 0.3) is 0 Å². The van der Waals surface area contributed by atoms with Crippen molar-refractivity contribution in [3.05, 3.63) is 59.6 Å². The van der Waals surface area contributed by atoms with Crippen LogP contribution in [0.15, 0.2) is 42.7 Å². The lowest BCUT2D eigenvalue weighted by Gasteiger charge is -2.39. The van der Waals surface area contributed by atoms with Crippen LogP contribution in [-0.2, 0) is 20.7 Å². The molecule has 1 heterocycles. The lowest BCUT2D eigenvalue weighted by atomic mass is 9.69. The number of aryl methyl sites for hydroxylation is 1. The van der Waals surface area contributed by atoms with Crippen molar-refractivity contribution in [1.29, 1.82) is 0 Å². The summed E-state index contributed by atoms with van der Waals surface area (Å²) in [4.78, 5) is 12.4. The lowest BCUT2D eigenvalue weighted by molar-refractivity contribution is -0.124. The van der Waals surface area contributed by atoms with Crippen molar-refractivity contribution in [1.82, 2.24) is 0 Å². The maximum Gasteiger partial charge on any atom is 0.189 e. The summed E-state index contributed by atoms with van der Waals surface area (Å²) in [5.74, 6) is 0.284. The molecule has 4 heteroatoms. The highest BCUT2D eigenvalue weighted by Crippen LogP contribution is 2.47. The van der Waals surface area contributed by atoms with Gasteiger partial charge in [0.2, 0.25) is 0 Å². The second-order valence-electron chi connectivity index (χ2n) is 7.31. The van der Waals surface area contributed by atoms with Crippen molar-refractivity contribution < 1.29 is 18.7 Å². The molecule has 1 unspecified atom stereocenters. The molecule has 1 aromatic carbocycles. The van der Waals surface area contributed by atoms with E-state index in [4.69, 9.17) is 9.47 Å². The quantitative estimate of drug-likeness (QED) is 0.745. The van der Waals surface area contributed by atoms with Crippen molar-refractivity contribution in [2.45, 2.75) is 39.2 Å². The second kappa shape index (κ2) is 6.75. The summed E-state index contributed by atoms with van der Waals surface area (Å²) in [6.07, 6.45) is 4.44. The Morgan fingerprint density at radius 3 is 2.88 bits per heavy atom. The fourth-order valence-electron chi connectivity index (χ4n) is 3.89. The Morgan fingerprint density at radius 2 is 2.20 bits per heavy atom. The molecule has 1 aliphatic heterocycles. The predicted octanol–water partition coefficient (Wildman–Crippen LogP) is 4.35. The van der Waals surface area contributed by atoms with Gasteiger partial charge in [-0.25, -0.2) is 4.39 Å². The molecule has 134 valence electrons. The molecule has 1 saturated heterocycles. The van der Waals surface area contributed by atoms with Gasteiger partial charge in [0.1, 0.15) is 17.2 Å². The monoisotopic (exact) mass is 344 g/mol. The Kier molecular flexibility index (Phi) is 4.83. The minimum Gasteiger partial charge on any atom is -0.469 e. The smallest absolute Gasteiger partial charge is 0.189 e. The van der Waals surface area contributed by atoms with Gasteiger partial charge in [-0.15, -0.1) is 6.58 Å². The Bertz CT molecular complexity index is 724. The molecule has 0 amide bonds. The first-order chi connectivity index (χ1) is 11.9. The molecule has 1 aromatic rings. The number of ketones is 1. The zero-order valence-corrected chi connectivity index (χ0v) is 15.0. The molecule has 1 fully saturated rings. The van der Waals surface area contributed by atoms with Crippen molar-refractivity contribution in [3.63, 3.8) is 0 Å². The van der Waals surface area contributed by atoms with Gasteiger partial charge in [0.05, 0.1) is 0 Å². The van der Waals surface area contributed by atoms with Gasteiger partial charge in [0.15, 0.2) is 12.6 Å². The summed E-state index contributed by atoms with van der Waals surface area (Å²) < 4.78 is 25.9. The van der Waals surface area contributed by atoms with E-state index in [2.05, 4.69) is 6.58 Å².